The van der Waals surface area contributed by atoms with Gasteiger partial charge in [0.25, 0.3) is 0 Å². The Labute approximate surface area is 204 Å². The molecule has 0 spiro atoms. The summed E-state index contributed by atoms with van der Waals surface area (Å²) < 4.78 is 2.61. The largest absolute Gasteiger partial charge is 0.196 e. The second-order valence-corrected chi connectivity index (χ2v) is 11.4. The van der Waals surface area contributed by atoms with Gasteiger partial charge in [-0.15, -0.1) is 0 Å². The molecule has 2 aliphatic heterocycles. The Bertz CT molecular complexity index is 1320. The van der Waals surface area contributed by atoms with Crippen LogP contribution in [0.3, 0.4) is 0 Å². The molecule has 32 heavy (non-hydrogen) atoms. The molecule has 0 fully saturated rings. The third-order valence-corrected chi connectivity index (χ3v) is 10.2. The molecule has 1 aromatic carbocycles. The Hall–Kier alpha value is -2.66. The maximum Gasteiger partial charge on any atom is 0.179 e. The molecule has 4 aliphatic rings. The molecule has 0 aromatic heterocycles. The molecule has 1 unspecified atom stereocenters. The number of rotatable bonds is 1. The average molecular weight is 483 g/mol. The molecule has 152 valence electrons. The van der Waals surface area contributed by atoms with Crippen LogP contribution < -0.4 is 0 Å². The Kier molecular flexibility index (Phi) is 6.01. The second-order valence-electron chi connectivity index (χ2n) is 7.12. The summed E-state index contributed by atoms with van der Waals surface area (Å²) in [5, 5.41) is 26.3. The van der Waals surface area contributed by atoms with Crippen molar-refractivity contribution in [1.29, 1.82) is 10.5 Å². The summed E-state index contributed by atoms with van der Waals surface area (Å²) in [6, 6.07) is 12.4. The molecule has 1 atom stereocenters. The molecular formula is C26H14N2S4. The van der Waals surface area contributed by atoms with Gasteiger partial charge in [-0.05, 0) is 45.1 Å². The van der Waals surface area contributed by atoms with Crippen molar-refractivity contribution in [3.05, 3.63) is 107 Å². The van der Waals surface area contributed by atoms with Crippen molar-refractivity contribution in [2.75, 3.05) is 0 Å². The summed E-state index contributed by atoms with van der Waals surface area (Å²) in [6.07, 6.45) is 11.7. The van der Waals surface area contributed by atoms with Gasteiger partial charge in [0.2, 0.25) is 0 Å². The van der Waals surface area contributed by atoms with Gasteiger partial charge in [-0.2, -0.15) is 10.5 Å². The van der Waals surface area contributed by atoms with Crippen molar-refractivity contribution >= 4 is 52.6 Å². The second kappa shape index (κ2) is 9.07. The van der Waals surface area contributed by atoms with Gasteiger partial charge in [0, 0.05) is 11.5 Å². The van der Waals surface area contributed by atoms with Gasteiger partial charge in [-0.1, -0.05) is 107 Å². The highest BCUT2D eigenvalue weighted by molar-refractivity contribution is 8.33. The molecular weight excluding hydrogens is 469 g/mol. The lowest BCUT2D eigenvalue weighted by Gasteiger charge is -2.23. The zero-order valence-electron chi connectivity index (χ0n) is 16.6. The number of hydrogen-bond acceptors (Lipinski definition) is 6. The summed E-state index contributed by atoms with van der Waals surface area (Å²) in [5.41, 5.74) is 2.30. The molecule has 6 heteroatoms. The van der Waals surface area contributed by atoms with Gasteiger partial charge in [0.15, 0.2) is 5.41 Å². The molecule has 5 rings (SSSR count). The minimum absolute atomic E-state index is 0.263. The van der Waals surface area contributed by atoms with E-state index in [1.54, 1.807) is 47.0 Å². The van der Waals surface area contributed by atoms with Crippen LogP contribution in [-0.2, 0) is 0 Å². The Morgan fingerprint density at radius 2 is 1.62 bits per heavy atom. The molecule has 0 N–H and O–H groups in total. The van der Waals surface area contributed by atoms with Crippen LogP contribution in [0.25, 0.3) is 5.57 Å². The van der Waals surface area contributed by atoms with E-state index in [4.69, 9.17) is 0 Å². The molecule has 2 nitrogen and oxygen atoms in total. The van der Waals surface area contributed by atoms with Gasteiger partial charge in [0.05, 0.1) is 25.5 Å². The first-order valence-electron chi connectivity index (χ1n) is 9.73. The number of nitriles is 2. The summed E-state index contributed by atoms with van der Waals surface area (Å²) in [4.78, 5) is 1.05. The lowest BCUT2D eigenvalue weighted by Crippen LogP contribution is -2.24. The van der Waals surface area contributed by atoms with Crippen molar-refractivity contribution in [3.8, 4) is 24.0 Å². The van der Waals surface area contributed by atoms with Crippen molar-refractivity contribution in [2.24, 2.45) is 11.3 Å². The zero-order chi connectivity index (χ0) is 22.0. The topological polar surface area (TPSA) is 47.6 Å². The number of allylic oxidation sites excluding steroid dienone is 9. The molecule has 0 amide bonds. The summed E-state index contributed by atoms with van der Waals surface area (Å²) in [5.74, 6) is 6.24. The number of fused-ring (bicyclic) bond motifs is 1. The van der Waals surface area contributed by atoms with Gasteiger partial charge in [0.1, 0.15) is 0 Å². The fourth-order valence-corrected chi connectivity index (χ4v) is 8.02. The fraction of sp³-hybridized carbons (Fsp3) is 0.0769. The van der Waals surface area contributed by atoms with E-state index in [0.29, 0.717) is 0 Å². The van der Waals surface area contributed by atoms with Crippen LogP contribution in [0.15, 0.2) is 95.9 Å². The maximum atomic E-state index is 10.0. The highest BCUT2D eigenvalue weighted by Gasteiger charge is 2.48. The van der Waals surface area contributed by atoms with E-state index in [0.717, 1.165) is 27.2 Å². The molecule has 2 aliphatic carbocycles. The summed E-state index contributed by atoms with van der Waals surface area (Å²) >= 11 is 6.96. The maximum absolute atomic E-state index is 10.0. The highest BCUT2D eigenvalue weighted by atomic mass is 32.2. The molecule has 0 radical (unpaired) electrons. The standard InChI is InChI=1S/C26H14N2S4/c27-16-26(17-28)22-5-3-1-2-4-20(22)14-23(26)19-9-6-18(7-10-19)8-11-21-15-31-25(32-21)24-29-12-13-30-24/h1-7,9-10,12-15,22H. The van der Waals surface area contributed by atoms with E-state index in [1.165, 1.54) is 8.47 Å². The number of thioether (sulfide) groups is 4. The molecule has 2 heterocycles. The highest BCUT2D eigenvalue weighted by Crippen LogP contribution is 2.53. The number of hydrogen-bond donors (Lipinski definition) is 0. The lowest BCUT2D eigenvalue weighted by molar-refractivity contribution is 0.578. The van der Waals surface area contributed by atoms with Gasteiger partial charge >= 0.3 is 0 Å². The van der Waals surface area contributed by atoms with Crippen LogP contribution >= 0.6 is 47.0 Å². The van der Waals surface area contributed by atoms with E-state index in [-0.39, 0.29) is 5.92 Å². The minimum Gasteiger partial charge on any atom is -0.196 e. The SMILES string of the molecule is N#CC1(C#N)C(c2ccc(C#CC3=CSC(=C4SC=CS4)S3)cc2)=CC2=CC=CC=CC21. The Morgan fingerprint density at radius 3 is 2.38 bits per heavy atom. The van der Waals surface area contributed by atoms with Crippen LogP contribution in [0, 0.1) is 45.8 Å². The zero-order valence-corrected chi connectivity index (χ0v) is 19.9. The van der Waals surface area contributed by atoms with Crippen LogP contribution in [0.2, 0.25) is 0 Å². The molecule has 0 bridgehead atoms. The van der Waals surface area contributed by atoms with Crippen LogP contribution in [0.5, 0.6) is 0 Å². The Morgan fingerprint density at radius 1 is 0.844 bits per heavy atom. The summed E-state index contributed by atoms with van der Waals surface area (Å²) in [6.45, 7) is 0. The Balaban J connectivity index is 1.38. The number of nitrogens with zero attached hydrogens (tertiary/aromatic N) is 2. The molecule has 0 saturated heterocycles. The van der Waals surface area contributed by atoms with Crippen molar-refractivity contribution < 1.29 is 0 Å². The third kappa shape index (κ3) is 3.83. The normalized spacial score (nSPS) is 22.2. The predicted octanol–water partition coefficient (Wildman–Crippen LogP) is 7.54. The van der Waals surface area contributed by atoms with E-state index in [1.807, 2.05) is 60.7 Å². The van der Waals surface area contributed by atoms with Crippen molar-refractivity contribution in [3.63, 3.8) is 0 Å². The first kappa shape index (κ1) is 21.2. The van der Waals surface area contributed by atoms with Crippen LogP contribution in [-0.4, -0.2) is 0 Å². The van der Waals surface area contributed by atoms with Gasteiger partial charge < -0.3 is 0 Å². The van der Waals surface area contributed by atoms with E-state index >= 15 is 0 Å². The number of benzene rings is 1. The summed E-state index contributed by atoms with van der Waals surface area (Å²) in [7, 11) is 0. The van der Waals surface area contributed by atoms with Gasteiger partial charge in [-0.25, -0.2) is 0 Å². The smallest absolute Gasteiger partial charge is 0.179 e. The molecule has 1 aromatic rings. The van der Waals surface area contributed by atoms with Crippen LogP contribution in [0.4, 0.5) is 0 Å². The van der Waals surface area contributed by atoms with Crippen LogP contribution in [0.1, 0.15) is 11.1 Å². The van der Waals surface area contributed by atoms with E-state index < -0.39 is 5.41 Å². The monoisotopic (exact) mass is 482 g/mol. The average Bonchev–Trinajstić information content (AvgIpc) is 3.54. The quantitative estimate of drug-likeness (QED) is 0.385. The first-order valence-corrected chi connectivity index (χ1v) is 13.2. The third-order valence-electron chi connectivity index (χ3n) is 5.30. The molecule has 0 saturated carbocycles. The van der Waals surface area contributed by atoms with Crippen molar-refractivity contribution in [2.45, 2.75) is 0 Å². The van der Waals surface area contributed by atoms with Crippen molar-refractivity contribution in [1.82, 2.24) is 0 Å². The first-order chi connectivity index (χ1) is 15.7. The van der Waals surface area contributed by atoms with Gasteiger partial charge in [-0.3, -0.25) is 0 Å². The predicted molar refractivity (Wildman–Crippen MR) is 139 cm³/mol. The minimum atomic E-state index is -1.22. The fourth-order valence-electron chi connectivity index (χ4n) is 3.77. The van der Waals surface area contributed by atoms with E-state index in [9.17, 15) is 10.5 Å². The lowest BCUT2D eigenvalue weighted by atomic mass is 9.73. The van der Waals surface area contributed by atoms with E-state index in [2.05, 4.69) is 40.2 Å².